The first-order chi connectivity index (χ1) is 9.75. The van der Waals surface area contributed by atoms with Crippen molar-refractivity contribution >= 4 is 5.91 Å². The lowest BCUT2D eigenvalue weighted by atomic mass is 9.88. The molecule has 0 bridgehead atoms. The van der Waals surface area contributed by atoms with Crippen LogP contribution >= 0.6 is 0 Å². The quantitative estimate of drug-likeness (QED) is 0.893. The van der Waals surface area contributed by atoms with Gasteiger partial charge >= 0.3 is 0 Å². The van der Waals surface area contributed by atoms with Crippen LogP contribution < -0.4 is 5.73 Å². The molecule has 0 unspecified atom stereocenters. The van der Waals surface area contributed by atoms with E-state index in [2.05, 4.69) is 0 Å². The minimum atomic E-state index is -0.544. The van der Waals surface area contributed by atoms with Gasteiger partial charge in [-0.05, 0) is 24.8 Å². The van der Waals surface area contributed by atoms with Crippen molar-refractivity contribution in [2.45, 2.75) is 31.4 Å². The van der Waals surface area contributed by atoms with Crippen molar-refractivity contribution in [2.24, 2.45) is 11.7 Å². The fourth-order valence-electron chi connectivity index (χ4n) is 3.29. The van der Waals surface area contributed by atoms with Gasteiger partial charge in [0.1, 0.15) is 6.04 Å². The van der Waals surface area contributed by atoms with Gasteiger partial charge in [-0.3, -0.25) is 4.79 Å². The highest BCUT2D eigenvalue weighted by Gasteiger charge is 2.35. The lowest BCUT2D eigenvalue weighted by Crippen LogP contribution is -2.50. The number of hydrogen-bond acceptors (Lipinski definition) is 3. The summed E-state index contributed by atoms with van der Waals surface area (Å²) in [5, 5.41) is 0. The topological polar surface area (TPSA) is 55.6 Å². The van der Waals surface area contributed by atoms with Gasteiger partial charge < -0.3 is 15.4 Å². The molecular formula is C16H22N2O2. The van der Waals surface area contributed by atoms with Crippen LogP contribution in [0, 0.1) is 5.92 Å². The number of benzene rings is 1. The first-order valence-corrected chi connectivity index (χ1v) is 7.46. The Hall–Kier alpha value is -1.39. The number of fused-ring (bicyclic) bond motifs is 1. The average Bonchev–Trinajstić information content (AvgIpc) is 2.54. The number of likely N-dealkylation sites (tertiary alicyclic amines) is 1. The van der Waals surface area contributed by atoms with Gasteiger partial charge in [0.25, 0.3) is 0 Å². The number of ether oxygens (including phenoxy) is 1. The van der Waals surface area contributed by atoms with Gasteiger partial charge in [-0.1, -0.05) is 30.3 Å². The van der Waals surface area contributed by atoms with Crippen molar-refractivity contribution in [3.63, 3.8) is 0 Å². The van der Waals surface area contributed by atoms with Gasteiger partial charge in [0.2, 0.25) is 5.91 Å². The minimum Gasteiger partial charge on any atom is -0.378 e. The van der Waals surface area contributed by atoms with E-state index in [1.54, 1.807) is 0 Å². The van der Waals surface area contributed by atoms with Gasteiger partial charge in [-0.2, -0.15) is 0 Å². The molecule has 2 aliphatic heterocycles. The molecule has 1 amide bonds. The van der Waals surface area contributed by atoms with Crippen LogP contribution in [0.3, 0.4) is 0 Å². The smallest absolute Gasteiger partial charge is 0.244 e. The molecule has 0 radical (unpaired) electrons. The highest BCUT2D eigenvalue weighted by molar-refractivity contribution is 5.83. The highest BCUT2D eigenvalue weighted by atomic mass is 16.5. The van der Waals surface area contributed by atoms with Gasteiger partial charge in [0.05, 0.1) is 6.10 Å². The second-order valence-electron chi connectivity index (χ2n) is 5.77. The molecule has 4 nitrogen and oxygen atoms in total. The summed E-state index contributed by atoms with van der Waals surface area (Å²) in [7, 11) is 0. The lowest BCUT2D eigenvalue weighted by molar-refractivity contribution is -0.140. The van der Waals surface area contributed by atoms with E-state index in [1.807, 2.05) is 35.2 Å². The molecular weight excluding hydrogens is 252 g/mol. The summed E-state index contributed by atoms with van der Waals surface area (Å²) in [4.78, 5) is 14.5. The first kappa shape index (κ1) is 13.6. The molecule has 0 spiro atoms. The van der Waals surface area contributed by atoms with Crippen LogP contribution in [0.4, 0.5) is 0 Å². The standard InChI is InChI=1S/C16H22N2O2/c17-15(12-5-2-1-3-6-12)16(19)18-9-8-14-13(11-18)7-4-10-20-14/h1-3,5-6,13-15H,4,7-11,17H2/t13-,14+,15-/m0/s1. The number of rotatable bonds is 2. The fourth-order valence-corrected chi connectivity index (χ4v) is 3.29. The summed E-state index contributed by atoms with van der Waals surface area (Å²) < 4.78 is 5.79. The van der Waals surface area contributed by atoms with Crippen molar-refractivity contribution in [3.05, 3.63) is 35.9 Å². The molecule has 2 saturated heterocycles. The predicted octanol–water partition coefficient (Wildman–Crippen LogP) is 1.71. The molecule has 0 aliphatic carbocycles. The predicted molar refractivity (Wildman–Crippen MR) is 77.0 cm³/mol. The van der Waals surface area contributed by atoms with Crippen LogP contribution in [0.2, 0.25) is 0 Å². The Labute approximate surface area is 119 Å². The molecule has 4 heteroatoms. The fraction of sp³-hybridized carbons (Fsp3) is 0.562. The maximum Gasteiger partial charge on any atom is 0.244 e. The third kappa shape index (κ3) is 2.72. The van der Waals surface area contributed by atoms with Crippen LogP contribution in [0.1, 0.15) is 30.9 Å². The van der Waals surface area contributed by atoms with Crippen LogP contribution in [0.5, 0.6) is 0 Å². The zero-order valence-corrected chi connectivity index (χ0v) is 11.7. The van der Waals surface area contributed by atoms with E-state index < -0.39 is 6.04 Å². The Morgan fingerprint density at radius 1 is 1.30 bits per heavy atom. The molecule has 20 heavy (non-hydrogen) atoms. The van der Waals surface area contributed by atoms with E-state index >= 15 is 0 Å². The largest absolute Gasteiger partial charge is 0.378 e. The lowest BCUT2D eigenvalue weighted by Gasteiger charge is -2.41. The van der Waals surface area contributed by atoms with Crippen molar-refractivity contribution in [1.29, 1.82) is 0 Å². The Balaban J connectivity index is 1.65. The molecule has 2 aliphatic rings. The number of carbonyl (C=O) groups excluding carboxylic acids is 1. The first-order valence-electron chi connectivity index (χ1n) is 7.46. The maximum atomic E-state index is 12.5. The van der Waals surface area contributed by atoms with Crippen molar-refractivity contribution < 1.29 is 9.53 Å². The highest BCUT2D eigenvalue weighted by Crippen LogP contribution is 2.29. The van der Waals surface area contributed by atoms with Crippen molar-refractivity contribution in [2.75, 3.05) is 19.7 Å². The van der Waals surface area contributed by atoms with Crippen LogP contribution in [0.25, 0.3) is 0 Å². The summed E-state index contributed by atoms with van der Waals surface area (Å²) in [6.07, 6.45) is 3.56. The van der Waals surface area contributed by atoms with Crippen molar-refractivity contribution in [3.8, 4) is 0 Å². The number of hydrogen-bond donors (Lipinski definition) is 1. The second kappa shape index (κ2) is 5.94. The number of carbonyl (C=O) groups is 1. The van der Waals surface area contributed by atoms with Crippen LogP contribution in [0.15, 0.2) is 30.3 Å². The van der Waals surface area contributed by atoms with Gasteiger partial charge in [-0.25, -0.2) is 0 Å². The monoisotopic (exact) mass is 274 g/mol. The Bertz CT molecular complexity index is 463. The normalized spacial score (nSPS) is 27.8. The molecule has 2 N–H and O–H groups in total. The van der Waals surface area contributed by atoms with E-state index in [9.17, 15) is 4.79 Å². The summed E-state index contributed by atoms with van der Waals surface area (Å²) in [6.45, 7) is 2.43. The SMILES string of the molecule is N[C@H](C(=O)N1CC[C@H]2OCCC[C@H]2C1)c1ccccc1. The van der Waals surface area contributed by atoms with Crippen LogP contribution in [-0.2, 0) is 9.53 Å². The zero-order chi connectivity index (χ0) is 13.9. The summed E-state index contributed by atoms with van der Waals surface area (Å²) in [5.41, 5.74) is 7.00. The van der Waals surface area contributed by atoms with Gasteiger partial charge in [-0.15, -0.1) is 0 Å². The van der Waals surface area contributed by atoms with E-state index in [0.29, 0.717) is 12.0 Å². The second-order valence-corrected chi connectivity index (χ2v) is 5.77. The molecule has 3 atom stereocenters. The molecule has 0 saturated carbocycles. The number of amides is 1. The van der Waals surface area contributed by atoms with E-state index in [0.717, 1.165) is 44.5 Å². The van der Waals surface area contributed by atoms with E-state index in [1.165, 1.54) is 0 Å². The third-order valence-electron chi connectivity index (χ3n) is 4.45. The molecule has 0 aromatic heterocycles. The maximum absolute atomic E-state index is 12.5. The zero-order valence-electron chi connectivity index (χ0n) is 11.7. The van der Waals surface area contributed by atoms with Gasteiger partial charge in [0, 0.05) is 25.6 Å². The molecule has 108 valence electrons. The molecule has 2 heterocycles. The molecule has 1 aromatic rings. The Morgan fingerprint density at radius 3 is 2.90 bits per heavy atom. The molecule has 3 rings (SSSR count). The number of nitrogens with zero attached hydrogens (tertiary/aromatic N) is 1. The van der Waals surface area contributed by atoms with Crippen molar-refractivity contribution in [1.82, 2.24) is 4.90 Å². The van der Waals surface area contributed by atoms with Gasteiger partial charge in [0.15, 0.2) is 0 Å². The van der Waals surface area contributed by atoms with Crippen LogP contribution in [-0.4, -0.2) is 36.6 Å². The average molecular weight is 274 g/mol. The Morgan fingerprint density at radius 2 is 2.10 bits per heavy atom. The third-order valence-corrected chi connectivity index (χ3v) is 4.45. The number of piperidine rings is 1. The molecule has 1 aromatic carbocycles. The minimum absolute atomic E-state index is 0.0419. The summed E-state index contributed by atoms with van der Waals surface area (Å²) in [5.74, 6) is 0.532. The van der Waals surface area contributed by atoms with E-state index in [4.69, 9.17) is 10.5 Å². The summed E-state index contributed by atoms with van der Waals surface area (Å²) in [6, 6.07) is 9.06. The Kier molecular flexibility index (Phi) is 4.03. The molecule has 2 fully saturated rings. The summed E-state index contributed by atoms with van der Waals surface area (Å²) >= 11 is 0. The number of nitrogens with two attached hydrogens (primary N) is 1. The van der Waals surface area contributed by atoms with E-state index in [-0.39, 0.29) is 5.91 Å².